The van der Waals surface area contributed by atoms with Crippen LogP contribution in [0.3, 0.4) is 0 Å². The summed E-state index contributed by atoms with van der Waals surface area (Å²) in [6.07, 6.45) is 0.462. The molecule has 0 aliphatic carbocycles. The van der Waals surface area contributed by atoms with Crippen molar-refractivity contribution in [1.29, 1.82) is 0 Å². The Kier molecular flexibility index (Phi) is 7.40. The van der Waals surface area contributed by atoms with Crippen LogP contribution in [-0.2, 0) is 22.4 Å². The molecule has 0 saturated heterocycles. The van der Waals surface area contributed by atoms with Gasteiger partial charge < -0.3 is 19.5 Å². The molecule has 0 fully saturated rings. The van der Waals surface area contributed by atoms with Crippen LogP contribution in [0.25, 0.3) is 11.1 Å². The molecule has 2 heterocycles. The molecule has 0 unspecified atom stereocenters. The molecule has 1 amide bonds. The van der Waals surface area contributed by atoms with Crippen molar-refractivity contribution in [1.82, 2.24) is 0 Å². The fourth-order valence-electron chi connectivity index (χ4n) is 6.04. The van der Waals surface area contributed by atoms with Gasteiger partial charge in [-0.05, 0) is 118 Å². The highest BCUT2D eigenvalue weighted by Gasteiger charge is 2.37. The third-order valence-electron chi connectivity index (χ3n) is 7.94. The van der Waals surface area contributed by atoms with E-state index in [0.717, 1.165) is 23.1 Å². The molecule has 5 rings (SSSR count). The molecule has 8 heteroatoms. The number of carboxylic acids is 1. The van der Waals surface area contributed by atoms with Crippen LogP contribution in [0.1, 0.15) is 77.0 Å². The van der Waals surface area contributed by atoms with E-state index in [-0.39, 0.29) is 22.8 Å². The zero-order chi connectivity index (χ0) is 29.8. The number of carboxylic acid groups (broad SMARTS) is 1. The average Bonchev–Trinajstić information content (AvgIpc) is 3.33. The molecule has 0 saturated carbocycles. The van der Waals surface area contributed by atoms with Gasteiger partial charge >= 0.3 is 5.97 Å². The van der Waals surface area contributed by atoms with Gasteiger partial charge in [-0.1, -0.05) is 6.07 Å². The summed E-state index contributed by atoms with van der Waals surface area (Å²) in [5.41, 5.74) is 4.78. The number of anilines is 1. The molecule has 0 aromatic heterocycles. The minimum Gasteiger partial charge on any atom is -0.490 e. The van der Waals surface area contributed by atoms with Gasteiger partial charge in [-0.3, -0.25) is 4.79 Å². The maximum absolute atomic E-state index is 15.5. The van der Waals surface area contributed by atoms with Gasteiger partial charge in [0.2, 0.25) is 0 Å². The first-order valence-electron chi connectivity index (χ1n) is 13.9. The topological polar surface area (TPSA) is 76.1 Å². The Hall–Kier alpha value is -3.78. The van der Waals surface area contributed by atoms with Gasteiger partial charge in [0.1, 0.15) is 5.82 Å². The first-order chi connectivity index (χ1) is 19.3. The Balaban J connectivity index is 1.78. The molecule has 2 aliphatic heterocycles. The van der Waals surface area contributed by atoms with Crippen LogP contribution in [0.15, 0.2) is 30.3 Å². The number of aliphatic carboxylic acids is 1. The predicted molar refractivity (Wildman–Crippen MR) is 153 cm³/mol. The molecule has 1 atom stereocenters. The highest BCUT2D eigenvalue weighted by atomic mass is 19.1. The monoisotopic (exact) mass is 563 g/mol. The summed E-state index contributed by atoms with van der Waals surface area (Å²) in [4.78, 5) is 28.0. The number of benzene rings is 3. The number of hydrogen-bond acceptors (Lipinski definition) is 4. The minimum absolute atomic E-state index is 0.238. The predicted octanol–water partition coefficient (Wildman–Crippen LogP) is 7.03. The molecule has 3 aromatic rings. The van der Waals surface area contributed by atoms with Crippen LogP contribution < -0.4 is 9.64 Å². The van der Waals surface area contributed by atoms with Crippen molar-refractivity contribution in [3.63, 3.8) is 0 Å². The molecular formula is C33H35F2NO5. The Morgan fingerprint density at radius 1 is 1.02 bits per heavy atom. The SMILES string of the molecule is Cc1cc2c(c(-c3cc(F)c4c(c3C)CCCO4)c1[C@H](OC(C)(C)C)C(=O)O)CCN2C(=O)c1cccc(F)c1C. The van der Waals surface area contributed by atoms with Crippen LogP contribution in [0, 0.1) is 32.4 Å². The number of hydrogen-bond donors (Lipinski definition) is 1. The minimum atomic E-state index is -1.33. The van der Waals surface area contributed by atoms with Gasteiger partial charge in [-0.25, -0.2) is 13.6 Å². The zero-order valence-electron chi connectivity index (χ0n) is 24.3. The Morgan fingerprint density at radius 3 is 2.44 bits per heavy atom. The van der Waals surface area contributed by atoms with Crippen LogP contribution in [0.4, 0.5) is 14.5 Å². The summed E-state index contributed by atoms with van der Waals surface area (Å²) in [6.45, 7) is 11.4. The number of fused-ring (bicyclic) bond motifs is 2. The average molecular weight is 564 g/mol. The van der Waals surface area contributed by atoms with E-state index in [4.69, 9.17) is 9.47 Å². The summed E-state index contributed by atoms with van der Waals surface area (Å²) in [7, 11) is 0. The van der Waals surface area contributed by atoms with Crippen LogP contribution in [-0.4, -0.2) is 35.7 Å². The summed E-state index contributed by atoms with van der Waals surface area (Å²) >= 11 is 0. The molecule has 0 spiro atoms. The Labute approximate surface area is 238 Å². The number of rotatable bonds is 5. The lowest BCUT2D eigenvalue weighted by molar-refractivity contribution is -0.160. The van der Waals surface area contributed by atoms with E-state index < -0.39 is 29.3 Å². The quantitative estimate of drug-likeness (QED) is 0.361. The third kappa shape index (κ3) is 5.10. The standard InChI is InChI=1S/C33H35F2NO5/c1-17-15-26-22(12-13-36(26)31(37)21-9-7-11-24(34)19(21)3)28(27(17)30(32(38)39)41-33(4,5)6)23-16-25(35)29-20(18(23)2)10-8-14-40-29/h7,9,11,15-16,30H,8,10,12-14H2,1-6H3,(H,38,39)/t30-/m0/s1. The molecule has 6 nitrogen and oxygen atoms in total. The lowest BCUT2D eigenvalue weighted by Gasteiger charge is -2.30. The van der Waals surface area contributed by atoms with Crippen molar-refractivity contribution in [3.05, 3.63) is 80.9 Å². The van der Waals surface area contributed by atoms with Crippen molar-refractivity contribution in [2.45, 2.75) is 72.5 Å². The third-order valence-corrected chi connectivity index (χ3v) is 7.94. The number of amides is 1. The van der Waals surface area contributed by atoms with Crippen LogP contribution >= 0.6 is 0 Å². The van der Waals surface area contributed by atoms with Crippen LogP contribution in [0.2, 0.25) is 0 Å². The Morgan fingerprint density at radius 2 is 1.76 bits per heavy atom. The lowest BCUT2D eigenvalue weighted by atomic mass is 9.83. The number of ether oxygens (including phenoxy) is 2. The molecule has 2 aliphatic rings. The van der Waals surface area contributed by atoms with E-state index in [2.05, 4.69) is 0 Å². The van der Waals surface area contributed by atoms with E-state index in [9.17, 15) is 19.1 Å². The van der Waals surface area contributed by atoms with Gasteiger partial charge in [-0.15, -0.1) is 0 Å². The summed E-state index contributed by atoms with van der Waals surface area (Å²) in [5, 5.41) is 10.4. The fourth-order valence-corrected chi connectivity index (χ4v) is 6.04. The largest absolute Gasteiger partial charge is 0.490 e. The summed E-state index contributed by atoms with van der Waals surface area (Å²) in [6, 6.07) is 7.63. The molecular weight excluding hydrogens is 528 g/mol. The van der Waals surface area contributed by atoms with E-state index >= 15 is 4.39 Å². The first kappa shape index (κ1) is 28.7. The van der Waals surface area contributed by atoms with Crippen molar-refractivity contribution in [2.24, 2.45) is 0 Å². The maximum Gasteiger partial charge on any atom is 0.337 e. The van der Waals surface area contributed by atoms with E-state index in [1.807, 2.05) is 6.92 Å². The number of aryl methyl sites for hydroxylation is 1. The van der Waals surface area contributed by atoms with E-state index in [1.54, 1.807) is 51.7 Å². The van der Waals surface area contributed by atoms with Crippen molar-refractivity contribution >= 4 is 17.6 Å². The number of nitrogens with zero attached hydrogens (tertiary/aromatic N) is 1. The maximum atomic E-state index is 15.5. The highest BCUT2D eigenvalue weighted by molar-refractivity contribution is 6.09. The normalized spacial score (nSPS) is 15.3. The van der Waals surface area contributed by atoms with Crippen molar-refractivity contribution < 1.29 is 33.0 Å². The zero-order valence-corrected chi connectivity index (χ0v) is 24.3. The summed E-state index contributed by atoms with van der Waals surface area (Å²) < 4.78 is 41.7. The molecule has 0 radical (unpaired) electrons. The van der Waals surface area contributed by atoms with E-state index in [1.165, 1.54) is 18.2 Å². The molecule has 216 valence electrons. The smallest absolute Gasteiger partial charge is 0.337 e. The second-order valence-corrected chi connectivity index (χ2v) is 11.8. The van der Waals surface area contributed by atoms with Crippen LogP contribution in [0.5, 0.6) is 5.75 Å². The van der Waals surface area contributed by atoms with Gasteiger partial charge in [0.15, 0.2) is 17.7 Å². The second kappa shape index (κ2) is 10.6. The number of carbonyl (C=O) groups excluding carboxylic acids is 1. The lowest BCUT2D eigenvalue weighted by Crippen LogP contribution is -2.30. The number of halogens is 2. The van der Waals surface area contributed by atoms with Gasteiger partial charge in [-0.2, -0.15) is 0 Å². The summed E-state index contributed by atoms with van der Waals surface area (Å²) in [5.74, 6) is -2.24. The van der Waals surface area contributed by atoms with Crippen molar-refractivity contribution in [2.75, 3.05) is 18.1 Å². The number of carbonyl (C=O) groups is 2. The van der Waals surface area contributed by atoms with Crippen molar-refractivity contribution in [3.8, 4) is 16.9 Å². The fraction of sp³-hybridized carbons (Fsp3) is 0.394. The van der Waals surface area contributed by atoms with Gasteiger partial charge in [0.25, 0.3) is 5.91 Å². The first-order valence-corrected chi connectivity index (χ1v) is 13.9. The van der Waals surface area contributed by atoms with Gasteiger partial charge in [0.05, 0.1) is 12.2 Å². The Bertz CT molecular complexity index is 1570. The second-order valence-electron chi connectivity index (χ2n) is 11.8. The molecule has 0 bridgehead atoms. The molecule has 41 heavy (non-hydrogen) atoms. The molecule has 3 aromatic carbocycles. The van der Waals surface area contributed by atoms with E-state index in [0.29, 0.717) is 53.9 Å². The van der Waals surface area contributed by atoms with Gasteiger partial charge in [0, 0.05) is 28.9 Å². The molecule has 1 N–H and O–H groups in total. The highest BCUT2D eigenvalue weighted by Crippen LogP contribution is 2.48.